The van der Waals surface area contributed by atoms with E-state index in [1.165, 1.54) is 30.7 Å². The van der Waals surface area contributed by atoms with E-state index in [1.54, 1.807) is 0 Å². The predicted molar refractivity (Wildman–Crippen MR) is 82.0 cm³/mol. The smallest absolute Gasteiger partial charge is 0.223 e. The average Bonchev–Trinajstić information content (AvgIpc) is 2.52. The Balaban J connectivity index is 1.67. The van der Waals surface area contributed by atoms with E-state index in [0.717, 1.165) is 19.3 Å². The summed E-state index contributed by atoms with van der Waals surface area (Å²) in [6.45, 7) is 2.41. The quantitative estimate of drug-likeness (QED) is 0.849. The van der Waals surface area contributed by atoms with Crippen LogP contribution in [-0.4, -0.2) is 30.3 Å². The number of aliphatic hydroxyl groups is 1. The molecule has 1 aromatic carbocycles. The Hall–Kier alpha value is -1.62. The normalized spacial score (nSPS) is 22.9. The van der Waals surface area contributed by atoms with Crippen molar-refractivity contribution in [1.82, 2.24) is 5.32 Å². The van der Waals surface area contributed by atoms with Gasteiger partial charge in [0, 0.05) is 12.5 Å². The van der Waals surface area contributed by atoms with E-state index in [-0.39, 0.29) is 30.8 Å². The van der Waals surface area contributed by atoms with Gasteiger partial charge in [0.2, 0.25) is 5.91 Å². The number of benzene rings is 1. The van der Waals surface area contributed by atoms with Crippen molar-refractivity contribution in [1.29, 1.82) is 0 Å². The summed E-state index contributed by atoms with van der Waals surface area (Å²) in [5.74, 6) is 0.840. The van der Waals surface area contributed by atoms with Crippen LogP contribution in [0.5, 0.6) is 5.75 Å². The highest BCUT2D eigenvalue weighted by Gasteiger charge is 2.25. The maximum atomic E-state index is 12.7. The van der Waals surface area contributed by atoms with Gasteiger partial charge in [0.25, 0.3) is 0 Å². The molecule has 1 fully saturated rings. The van der Waals surface area contributed by atoms with Gasteiger partial charge in [0.15, 0.2) is 0 Å². The molecule has 4 nitrogen and oxygen atoms in total. The summed E-state index contributed by atoms with van der Waals surface area (Å²) in [5, 5.41) is 12.6. The van der Waals surface area contributed by atoms with Crippen molar-refractivity contribution < 1.29 is 19.0 Å². The molecule has 3 unspecified atom stereocenters. The molecule has 2 rings (SSSR count). The van der Waals surface area contributed by atoms with E-state index in [1.807, 2.05) is 0 Å². The molecule has 122 valence electrons. The molecule has 0 aliphatic heterocycles. The van der Waals surface area contributed by atoms with Crippen LogP contribution in [0, 0.1) is 17.7 Å². The second-order valence-electron chi connectivity index (χ2n) is 6.13. The minimum absolute atomic E-state index is 0.0207. The molecule has 1 aliphatic carbocycles. The van der Waals surface area contributed by atoms with Crippen molar-refractivity contribution in [3.05, 3.63) is 30.1 Å². The van der Waals surface area contributed by atoms with E-state index < -0.39 is 6.10 Å². The lowest BCUT2D eigenvalue weighted by Crippen LogP contribution is -2.39. The fourth-order valence-corrected chi connectivity index (χ4v) is 2.82. The molecule has 0 radical (unpaired) electrons. The first-order chi connectivity index (χ1) is 10.5. The Morgan fingerprint density at radius 3 is 2.82 bits per heavy atom. The lowest BCUT2D eigenvalue weighted by Gasteiger charge is -2.26. The lowest BCUT2D eigenvalue weighted by molar-refractivity contribution is -0.126. The maximum Gasteiger partial charge on any atom is 0.223 e. The number of amides is 1. The van der Waals surface area contributed by atoms with Crippen molar-refractivity contribution in [3.8, 4) is 5.75 Å². The fraction of sp³-hybridized carbons (Fsp3) is 0.588. The summed E-state index contributed by atoms with van der Waals surface area (Å²) >= 11 is 0. The number of nitrogens with one attached hydrogen (secondary N) is 1. The van der Waals surface area contributed by atoms with Gasteiger partial charge in [-0.05, 0) is 43.0 Å². The zero-order chi connectivity index (χ0) is 15.9. The first-order valence-corrected chi connectivity index (χ1v) is 7.88. The standard InChI is InChI=1S/C17H24FNO3/c1-12-3-2-4-13(9-12)17(21)19-10-15(20)11-22-16-7-5-14(18)6-8-16/h5-8,12-13,15,20H,2-4,9-11H2,1H3,(H,19,21). The van der Waals surface area contributed by atoms with Gasteiger partial charge in [-0.25, -0.2) is 4.39 Å². The number of halogens is 1. The fourth-order valence-electron chi connectivity index (χ4n) is 2.82. The van der Waals surface area contributed by atoms with Crippen LogP contribution in [0.1, 0.15) is 32.6 Å². The summed E-state index contributed by atoms with van der Waals surface area (Å²) in [6, 6.07) is 5.61. The Morgan fingerprint density at radius 1 is 1.41 bits per heavy atom. The Labute approximate surface area is 130 Å². The maximum absolute atomic E-state index is 12.7. The molecule has 1 aliphatic rings. The summed E-state index contributed by atoms with van der Waals surface area (Å²) in [6.07, 6.45) is 3.36. The monoisotopic (exact) mass is 309 g/mol. The van der Waals surface area contributed by atoms with Gasteiger partial charge in [-0.3, -0.25) is 4.79 Å². The summed E-state index contributed by atoms with van der Waals surface area (Å²) in [5.41, 5.74) is 0. The minimum Gasteiger partial charge on any atom is -0.491 e. The van der Waals surface area contributed by atoms with Gasteiger partial charge in [0.1, 0.15) is 24.3 Å². The molecule has 0 spiro atoms. The molecule has 1 saturated carbocycles. The van der Waals surface area contributed by atoms with E-state index in [2.05, 4.69) is 12.2 Å². The van der Waals surface area contributed by atoms with Crippen molar-refractivity contribution in [3.63, 3.8) is 0 Å². The summed E-state index contributed by atoms with van der Waals surface area (Å²) in [7, 11) is 0. The second-order valence-corrected chi connectivity index (χ2v) is 6.13. The molecule has 22 heavy (non-hydrogen) atoms. The number of ether oxygens (including phenoxy) is 1. The highest BCUT2D eigenvalue weighted by molar-refractivity contribution is 5.78. The Kier molecular flexibility index (Phi) is 6.19. The molecule has 1 aromatic rings. The van der Waals surface area contributed by atoms with Crippen LogP contribution in [0.15, 0.2) is 24.3 Å². The zero-order valence-corrected chi connectivity index (χ0v) is 12.9. The third-order valence-corrected chi connectivity index (χ3v) is 4.08. The molecule has 3 atom stereocenters. The van der Waals surface area contributed by atoms with Gasteiger partial charge in [-0.2, -0.15) is 0 Å². The van der Waals surface area contributed by atoms with Gasteiger partial charge >= 0.3 is 0 Å². The highest BCUT2D eigenvalue weighted by atomic mass is 19.1. The van der Waals surface area contributed by atoms with Crippen LogP contribution in [-0.2, 0) is 4.79 Å². The van der Waals surface area contributed by atoms with E-state index >= 15 is 0 Å². The van der Waals surface area contributed by atoms with Crippen LogP contribution in [0.25, 0.3) is 0 Å². The Bertz CT molecular complexity index is 477. The molecule has 0 bridgehead atoms. The number of carbonyl (C=O) groups excluding carboxylic acids is 1. The topological polar surface area (TPSA) is 58.6 Å². The predicted octanol–water partition coefficient (Wildman–Crippen LogP) is 2.51. The lowest BCUT2D eigenvalue weighted by atomic mass is 9.82. The van der Waals surface area contributed by atoms with Crippen LogP contribution in [0.4, 0.5) is 4.39 Å². The van der Waals surface area contributed by atoms with Crippen molar-refractivity contribution in [2.45, 2.75) is 38.7 Å². The first-order valence-electron chi connectivity index (χ1n) is 7.88. The Morgan fingerprint density at radius 2 is 2.14 bits per heavy atom. The highest BCUT2D eigenvalue weighted by Crippen LogP contribution is 2.28. The van der Waals surface area contributed by atoms with Crippen LogP contribution >= 0.6 is 0 Å². The third-order valence-electron chi connectivity index (χ3n) is 4.08. The van der Waals surface area contributed by atoms with E-state index in [9.17, 15) is 14.3 Å². The summed E-state index contributed by atoms with van der Waals surface area (Å²) in [4.78, 5) is 12.1. The van der Waals surface area contributed by atoms with E-state index in [4.69, 9.17) is 4.74 Å². The van der Waals surface area contributed by atoms with Gasteiger partial charge in [-0.15, -0.1) is 0 Å². The van der Waals surface area contributed by atoms with Gasteiger partial charge < -0.3 is 15.2 Å². The zero-order valence-electron chi connectivity index (χ0n) is 12.9. The van der Waals surface area contributed by atoms with Crippen molar-refractivity contribution >= 4 is 5.91 Å². The van der Waals surface area contributed by atoms with Crippen molar-refractivity contribution in [2.75, 3.05) is 13.2 Å². The third kappa shape index (κ3) is 5.30. The number of rotatable bonds is 6. The molecular formula is C17H24FNO3. The van der Waals surface area contributed by atoms with Gasteiger partial charge in [-0.1, -0.05) is 19.8 Å². The minimum atomic E-state index is -0.782. The second kappa shape index (κ2) is 8.13. The molecule has 5 heteroatoms. The average molecular weight is 309 g/mol. The molecule has 2 N–H and O–H groups in total. The number of hydrogen-bond acceptors (Lipinski definition) is 3. The summed E-state index contributed by atoms with van der Waals surface area (Å²) < 4.78 is 18.1. The van der Waals surface area contributed by atoms with Crippen LogP contribution < -0.4 is 10.1 Å². The molecular weight excluding hydrogens is 285 g/mol. The molecule has 0 aromatic heterocycles. The number of carbonyl (C=O) groups is 1. The molecule has 1 amide bonds. The van der Waals surface area contributed by atoms with Crippen molar-refractivity contribution in [2.24, 2.45) is 11.8 Å². The van der Waals surface area contributed by atoms with Crippen LogP contribution in [0.2, 0.25) is 0 Å². The van der Waals surface area contributed by atoms with Gasteiger partial charge in [0.05, 0.1) is 0 Å². The number of hydrogen-bond donors (Lipinski definition) is 2. The molecule has 0 saturated heterocycles. The largest absolute Gasteiger partial charge is 0.491 e. The molecule has 0 heterocycles. The van der Waals surface area contributed by atoms with E-state index in [0.29, 0.717) is 11.7 Å². The van der Waals surface area contributed by atoms with Crippen LogP contribution in [0.3, 0.4) is 0 Å². The first kappa shape index (κ1) is 16.7. The SMILES string of the molecule is CC1CCCC(C(=O)NCC(O)COc2ccc(F)cc2)C1. The number of aliphatic hydroxyl groups excluding tert-OH is 1.